The zero-order valence-electron chi connectivity index (χ0n) is 18.8. The molecule has 5 rings (SSSR count). The van der Waals surface area contributed by atoms with Crippen LogP contribution in [0.3, 0.4) is 0 Å². The fourth-order valence-corrected chi connectivity index (χ4v) is 6.56. The SMILES string of the molecule is NC1CCC(CN2CCC(c3cn(CC4CCCCC4)c4ccccc34)CC2)CC1. The van der Waals surface area contributed by atoms with Gasteiger partial charge in [-0.05, 0) is 93.8 Å². The van der Waals surface area contributed by atoms with E-state index < -0.39 is 0 Å². The Labute approximate surface area is 183 Å². The molecule has 164 valence electrons. The highest BCUT2D eigenvalue weighted by Gasteiger charge is 2.27. The summed E-state index contributed by atoms with van der Waals surface area (Å²) in [6.07, 6.45) is 17.5. The average Bonchev–Trinajstić information content (AvgIpc) is 3.15. The Morgan fingerprint density at radius 3 is 2.23 bits per heavy atom. The average molecular weight is 408 g/mol. The topological polar surface area (TPSA) is 34.2 Å². The van der Waals surface area contributed by atoms with E-state index in [0.29, 0.717) is 6.04 Å². The highest BCUT2D eigenvalue weighted by molar-refractivity contribution is 5.84. The van der Waals surface area contributed by atoms with Gasteiger partial charge in [-0.3, -0.25) is 0 Å². The van der Waals surface area contributed by atoms with E-state index in [1.807, 2.05) is 0 Å². The smallest absolute Gasteiger partial charge is 0.0483 e. The quantitative estimate of drug-likeness (QED) is 0.668. The van der Waals surface area contributed by atoms with Crippen molar-refractivity contribution in [3.05, 3.63) is 36.0 Å². The molecule has 1 saturated heterocycles. The normalized spacial score (nSPS) is 27.6. The summed E-state index contributed by atoms with van der Waals surface area (Å²) in [5.41, 5.74) is 9.20. The summed E-state index contributed by atoms with van der Waals surface area (Å²) in [4.78, 5) is 2.75. The molecule has 2 aliphatic carbocycles. The van der Waals surface area contributed by atoms with E-state index >= 15 is 0 Å². The summed E-state index contributed by atoms with van der Waals surface area (Å²) >= 11 is 0. The third kappa shape index (κ3) is 4.62. The van der Waals surface area contributed by atoms with E-state index in [2.05, 4.69) is 39.9 Å². The summed E-state index contributed by atoms with van der Waals surface area (Å²) < 4.78 is 2.61. The molecule has 0 atom stereocenters. The van der Waals surface area contributed by atoms with Gasteiger partial charge in [0.15, 0.2) is 0 Å². The third-order valence-corrected chi connectivity index (χ3v) is 8.43. The lowest BCUT2D eigenvalue weighted by molar-refractivity contribution is 0.160. The lowest BCUT2D eigenvalue weighted by atomic mass is 9.84. The van der Waals surface area contributed by atoms with Gasteiger partial charge in [0.2, 0.25) is 0 Å². The zero-order valence-corrected chi connectivity index (χ0v) is 18.8. The molecule has 0 bridgehead atoms. The fourth-order valence-electron chi connectivity index (χ4n) is 6.56. The summed E-state index contributed by atoms with van der Waals surface area (Å²) in [6.45, 7) is 5.08. The number of nitrogens with two attached hydrogens (primary N) is 1. The Morgan fingerprint density at radius 1 is 0.767 bits per heavy atom. The molecule has 2 heterocycles. The molecule has 3 nitrogen and oxygen atoms in total. The van der Waals surface area contributed by atoms with Crippen LogP contribution in [0.2, 0.25) is 0 Å². The third-order valence-electron chi connectivity index (χ3n) is 8.43. The molecule has 3 fully saturated rings. The van der Waals surface area contributed by atoms with Crippen molar-refractivity contribution in [1.29, 1.82) is 0 Å². The van der Waals surface area contributed by atoms with Gasteiger partial charge in [-0.25, -0.2) is 0 Å². The number of likely N-dealkylation sites (tertiary alicyclic amines) is 1. The largest absolute Gasteiger partial charge is 0.347 e. The minimum Gasteiger partial charge on any atom is -0.347 e. The molecule has 1 aliphatic heterocycles. The van der Waals surface area contributed by atoms with Crippen molar-refractivity contribution in [3.8, 4) is 0 Å². The Kier molecular flexibility index (Phi) is 6.48. The van der Waals surface area contributed by atoms with Gasteiger partial charge in [-0.1, -0.05) is 37.5 Å². The second-order valence-corrected chi connectivity index (χ2v) is 10.6. The molecule has 1 aromatic heterocycles. The van der Waals surface area contributed by atoms with Crippen molar-refractivity contribution in [2.24, 2.45) is 17.6 Å². The molecule has 3 heteroatoms. The van der Waals surface area contributed by atoms with Gasteiger partial charge in [0.1, 0.15) is 0 Å². The molecular formula is C27H41N3. The van der Waals surface area contributed by atoms with E-state index in [4.69, 9.17) is 5.73 Å². The van der Waals surface area contributed by atoms with Gasteiger partial charge in [-0.15, -0.1) is 0 Å². The molecular weight excluding hydrogens is 366 g/mol. The van der Waals surface area contributed by atoms with Gasteiger partial charge in [0, 0.05) is 36.2 Å². The molecule has 2 N–H and O–H groups in total. The molecule has 2 aromatic rings. The second-order valence-electron chi connectivity index (χ2n) is 10.6. The Bertz CT molecular complexity index is 803. The molecule has 30 heavy (non-hydrogen) atoms. The van der Waals surface area contributed by atoms with E-state index in [1.54, 1.807) is 5.56 Å². The lowest BCUT2D eigenvalue weighted by Crippen LogP contribution is -2.38. The van der Waals surface area contributed by atoms with Crippen LogP contribution >= 0.6 is 0 Å². The number of para-hydroxylation sites is 1. The standard InChI is InChI=1S/C27H41N3/c28-24-12-10-22(11-13-24)18-29-16-14-23(15-17-29)26-20-30(19-21-6-2-1-3-7-21)27-9-5-4-8-25(26)27/h4-5,8-9,20-24H,1-3,6-7,10-19,28H2. The number of benzene rings is 1. The molecule has 0 radical (unpaired) electrons. The predicted molar refractivity (Wildman–Crippen MR) is 127 cm³/mol. The van der Waals surface area contributed by atoms with Crippen LogP contribution in [0.4, 0.5) is 0 Å². The van der Waals surface area contributed by atoms with E-state index in [1.165, 1.54) is 108 Å². The Hall–Kier alpha value is -1.32. The first-order chi connectivity index (χ1) is 14.8. The van der Waals surface area contributed by atoms with Crippen LogP contribution in [-0.2, 0) is 6.54 Å². The minimum atomic E-state index is 0.470. The van der Waals surface area contributed by atoms with Crippen molar-refractivity contribution < 1.29 is 0 Å². The van der Waals surface area contributed by atoms with E-state index in [9.17, 15) is 0 Å². The first-order valence-corrected chi connectivity index (χ1v) is 12.8. The summed E-state index contributed by atoms with van der Waals surface area (Å²) in [5.74, 6) is 2.50. The molecule has 3 aliphatic rings. The monoisotopic (exact) mass is 407 g/mol. The molecule has 0 spiro atoms. The highest BCUT2D eigenvalue weighted by atomic mass is 15.1. The fraction of sp³-hybridized carbons (Fsp3) is 0.704. The Morgan fingerprint density at radius 2 is 1.47 bits per heavy atom. The van der Waals surface area contributed by atoms with Crippen LogP contribution in [0.5, 0.6) is 0 Å². The number of hydrogen-bond donors (Lipinski definition) is 1. The number of hydrogen-bond acceptors (Lipinski definition) is 2. The van der Waals surface area contributed by atoms with Crippen LogP contribution in [0.25, 0.3) is 10.9 Å². The van der Waals surface area contributed by atoms with E-state index in [0.717, 1.165) is 17.8 Å². The van der Waals surface area contributed by atoms with Crippen molar-refractivity contribution in [2.45, 2.75) is 89.1 Å². The van der Waals surface area contributed by atoms with Gasteiger partial charge in [0.05, 0.1) is 0 Å². The molecule has 2 saturated carbocycles. The predicted octanol–water partition coefficient (Wildman–Crippen LogP) is 5.92. The van der Waals surface area contributed by atoms with Crippen molar-refractivity contribution in [3.63, 3.8) is 0 Å². The maximum absolute atomic E-state index is 6.10. The molecule has 1 aromatic carbocycles. The van der Waals surface area contributed by atoms with Gasteiger partial charge < -0.3 is 15.2 Å². The van der Waals surface area contributed by atoms with Gasteiger partial charge >= 0.3 is 0 Å². The second kappa shape index (κ2) is 9.44. The minimum absolute atomic E-state index is 0.470. The summed E-state index contributed by atoms with van der Waals surface area (Å²) in [5, 5.41) is 1.52. The Balaban J connectivity index is 1.24. The number of rotatable bonds is 5. The van der Waals surface area contributed by atoms with Gasteiger partial charge in [-0.2, -0.15) is 0 Å². The number of aromatic nitrogens is 1. The first-order valence-electron chi connectivity index (χ1n) is 12.8. The van der Waals surface area contributed by atoms with Crippen LogP contribution in [-0.4, -0.2) is 35.1 Å². The number of nitrogens with zero attached hydrogens (tertiary/aromatic N) is 2. The highest BCUT2D eigenvalue weighted by Crippen LogP contribution is 2.36. The van der Waals surface area contributed by atoms with Crippen molar-refractivity contribution in [1.82, 2.24) is 9.47 Å². The van der Waals surface area contributed by atoms with Crippen molar-refractivity contribution >= 4 is 10.9 Å². The summed E-state index contributed by atoms with van der Waals surface area (Å²) in [7, 11) is 0. The van der Waals surface area contributed by atoms with Crippen molar-refractivity contribution in [2.75, 3.05) is 19.6 Å². The molecule has 0 amide bonds. The van der Waals surface area contributed by atoms with E-state index in [-0.39, 0.29) is 0 Å². The molecule has 0 unspecified atom stereocenters. The zero-order chi connectivity index (χ0) is 20.3. The van der Waals surface area contributed by atoms with Crippen LogP contribution in [0.1, 0.15) is 82.1 Å². The lowest BCUT2D eigenvalue weighted by Gasteiger charge is -2.36. The van der Waals surface area contributed by atoms with Crippen LogP contribution < -0.4 is 5.73 Å². The maximum Gasteiger partial charge on any atom is 0.0483 e. The number of fused-ring (bicyclic) bond motifs is 1. The first kappa shape index (κ1) is 20.6. The van der Waals surface area contributed by atoms with Gasteiger partial charge in [0.25, 0.3) is 0 Å². The summed E-state index contributed by atoms with van der Waals surface area (Å²) in [6, 6.07) is 9.66. The number of piperidine rings is 1. The van der Waals surface area contributed by atoms with Crippen LogP contribution in [0.15, 0.2) is 30.5 Å². The maximum atomic E-state index is 6.10. The van der Waals surface area contributed by atoms with Crippen LogP contribution in [0, 0.1) is 11.8 Å².